The third-order valence-electron chi connectivity index (χ3n) is 3.22. The van der Waals surface area contributed by atoms with Gasteiger partial charge >= 0.3 is 0 Å². The first-order valence-electron chi connectivity index (χ1n) is 6.12. The zero-order valence-corrected chi connectivity index (χ0v) is 13.7. The quantitative estimate of drug-likeness (QED) is 0.825. The monoisotopic (exact) mass is 373 g/mol. The molecule has 0 bridgehead atoms. The van der Waals surface area contributed by atoms with Gasteiger partial charge in [-0.05, 0) is 45.3 Å². The fraction of sp³-hybridized carbons (Fsp3) is 0.200. The molecule has 0 saturated carbocycles. The van der Waals surface area contributed by atoms with Gasteiger partial charge in [0.25, 0.3) is 0 Å². The zero-order valence-electron chi connectivity index (χ0n) is 10.6. The molecule has 0 aliphatic carbocycles. The van der Waals surface area contributed by atoms with Crippen molar-refractivity contribution < 1.29 is 5.11 Å². The maximum Gasteiger partial charge on any atom is 0.0871 e. The lowest BCUT2D eigenvalue weighted by molar-refractivity contribution is 0.147. The first kappa shape index (κ1) is 15.8. The van der Waals surface area contributed by atoms with Crippen LogP contribution in [0.15, 0.2) is 46.9 Å². The standard InChI is InChI=1S/C15H14BrCl2NO/c16-12-7-9(5-6-14(12)18)15(20)11(8-19)10-3-1-2-4-13(10)17/h1-7,11,15,20H,8,19H2. The van der Waals surface area contributed by atoms with Crippen molar-refractivity contribution in [2.45, 2.75) is 12.0 Å². The summed E-state index contributed by atoms with van der Waals surface area (Å²) in [5.74, 6) is -0.267. The average molecular weight is 375 g/mol. The highest BCUT2D eigenvalue weighted by molar-refractivity contribution is 9.10. The van der Waals surface area contributed by atoms with Gasteiger partial charge in [-0.2, -0.15) is 0 Å². The van der Waals surface area contributed by atoms with Crippen molar-refractivity contribution in [3.8, 4) is 0 Å². The Morgan fingerprint density at radius 1 is 1.10 bits per heavy atom. The molecule has 2 atom stereocenters. The lowest BCUT2D eigenvalue weighted by atomic mass is 9.89. The number of aliphatic hydroxyl groups is 1. The molecule has 20 heavy (non-hydrogen) atoms. The van der Waals surface area contributed by atoms with E-state index in [2.05, 4.69) is 15.9 Å². The third-order valence-corrected chi connectivity index (χ3v) is 4.78. The molecule has 0 radical (unpaired) electrons. The van der Waals surface area contributed by atoms with E-state index in [9.17, 15) is 5.11 Å². The van der Waals surface area contributed by atoms with Crippen molar-refractivity contribution in [2.24, 2.45) is 5.73 Å². The zero-order chi connectivity index (χ0) is 14.7. The Labute approximate surface area is 136 Å². The van der Waals surface area contributed by atoms with E-state index in [4.69, 9.17) is 28.9 Å². The minimum absolute atomic E-state index is 0.267. The van der Waals surface area contributed by atoms with E-state index >= 15 is 0 Å². The Bertz CT molecular complexity index is 606. The summed E-state index contributed by atoms with van der Waals surface area (Å²) >= 11 is 15.5. The van der Waals surface area contributed by atoms with Crippen LogP contribution in [-0.2, 0) is 0 Å². The van der Waals surface area contributed by atoms with Crippen molar-refractivity contribution in [3.63, 3.8) is 0 Å². The highest BCUT2D eigenvalue weighted by atomic mass is 79.9. The van der Waals surface area contributed by atoms with Crippen LogP contribution in [0.5, 0.6) is 0 Å². The smallest absolute Gasteiger partial charge is 0.0871 e. The molecular formula is C15H14BrCl2NO. The summed E-state index contributed by atoms with van der Waals surface area (Å²) in [7, 11) is 0. The Hall–Kier alpha value is -0.580. The summed E-state index contributed by atoms with van der Waals surface area (Å²) in [5.41, 5.74) is 7.41. The molecule has 3 N–H and O–H groups in total. The van der Waals surface area contributed by atoms with E-state index in [0.717, 1.165) is 15.6 Å². The van der Waals surface area contributed by atoms with Gasteiger partial charge in [0.1, 0.15) is 0 Å². The second-order valence-electron chi connectivity index (χ2n) is 4.48. The fourth-order valence-corrected chi connectivity index (χ4v) is 2.92. The summed E-state index contributed by atoms with van der Waals surface area (Å²) < 4.78 is 0.741. The molecule has 2 unspecified atom stereocenters. The van der Waals surface area contributed by atoms with Crippen LogP contribution in [-0.4, -0.2) is 11.7 Å². The number of benzene rings is 2. The molecule has 2 aromatic rings. The number of rotatable bonds is 4. The van der Waals surface area contributed by atoms with E-state index in [1.165, 1.54) is 0 Å². The molecule has 0 saturated heterocycles. The second-order valence-corrected chi connectivity index (χ2v) is 6.15. The van der Waals surface area contributed by atoms with Crippen molar-refractivity contribution in [3.05, 3.63) is 68.1 Å². The Morgan fingerprint density at radius 2 is 1.80 bits per heavy atom. The molecule has 0 spiro atoms. The molecular weight excluding hydrogens is 361 g/mol. The molecule has 2 nitrogen and oxygen atoms in total. The minimum atomic E-state index is -0.742. The number of nitrogens with two attached hydrogens (primary N) is 1. The van der Waals surface area contributed by atoms with Crippen molar-refractivity contribution in [1.82, 2.24) is 0 Å². The van der Waals surface area contributed by atoms with Gasteiger partial charge in [-0.25, -0.2) is 0 Å². The van der Waals surface area contributed by atoms with Gasteiger partial charge in [0.15, 0.2) is 0 Å². The van der Waals surface area contributed by atoms with Crippen LogP contribution in [0.2, 0.25) is 10.0 Å². The van der Waals surface area contributed by atoms with E-state index in [1.807, 2.05) is 18.2 Å². The molecule has 0 aliphatic heterocycles. The van der Waals surface area contributed by atoms with Crippen LogP contribution in [0, 0.1) is 0 Å². The lowest BCUT2D eigenvalue weighted by Crippen LogP contribution is -2.20. The molecule has 2 rings (SSSR count). The van der Waals surface area contributed by atoms with Crippen LogP contribution < -0.4 is 5.73 Å². The lowest BCUT2D eigenvalue weighted by Gasteiger charge is -2.23. The van der Waals surface area contributed by atoms with Crippen molar-refractivity contribution in [1.29, 1.82) is 0 Å². The Kier molecular flexibility index (Phi) is 5.47. The highest BCUT2D eigenvalue weighted by Crippen LogP contribution is 2.36. The number of hydrogen-bond acceptors (Lipinski definition) is 2. The van der Waals surface area contributed by atoms with Gasteiger partial charge in [0.2, 0.25) is 0 Å². The van der Waals surface area contributed by atoms with E-state index in [1.54, 1.807) is 24.3 Å². The highest BCUT2D eigenvalue weighted by Gasteiger charge is 2.23. The van der Waals surface area contributed by atoms with Crippen LogP contribution in [0.25, 0.3) is 0 Å². The molecule has 2 aromatic carbocycles. The molecule has 0 fully saturated rings. The van der Waals surface area contributed by atoms with Gasteiger partial charge < -0.3 is 10.8 Å². The van der Waals surface area contributed by atoms with Crippen molar-refractivity contribution in [2.75, 3.05) is 6.54 Å². The molecule has 0 amide bonds. The normalized spacial score (nSPS) is 14.1. The molecule has 5 heteroatoms. The van der Waals surface area contributed by atoms with Gasteiger partial charge in [-0.15, -0.1) is 0 Å². The van der Waals surface area contributed by atoms with Gasteiger partial charge in [0.05, 0.1) is 11.1 Å². The predicted octanol–water partition coefficient (Wildman–Crippen LogP) is 4.53. The van der Waals surface area contributed by atoms with Crippen LogP contribution in [0.1, 0.15) is 23.1 Å². The Balaban J connectivity index is 2.36. The molecule has 0 aromatic heterocycles. The van der Waals surface area contributed by atoms with E-state index < -0.39 is 6.10 Å². The summed E-state index contributed by atoms with van der Waals surface area (Å²) in [5, 5.41) is 11.8. The summed E-state index contributed by atoms with van der Waals surface area (Å²) in [6, 6.07) is 12.7. The van der Waals surface area contributed by atoms with Crippen LogP contribution in [0.4, 0.5) is 0 Å². The van der Waals surface area contributed by atoms with Gasteiger partial charge in [-0.3, -0.25) is 0 Å². The van der Waals surface area contributed by atoms with Crippen LogP contribution in [0.3, 0.4) is 0 Å². The van der Waals surface area contributed by atoms with Gasteiger partial charge in [0, 0.05) is 22.0 Å². The fourth-order valence-electron chi connectivity index (χ4n) is 2.13. The first-order chi connectivity index (χ1) is 9.54. The number of aliphatic hydroxyl groups excluding tert-OH is 1. The van der Waals surface area contributed by atoms with Crippen LogP contribution >= 0.6 is 39.1 Å². The van der Waals surface area contributed by atoms with E-state index in [-0.39, 0.29) is 5.92 Å². The predicted molar refractivity (Wildman–Crippen MR) is 87.4 cm³/mol. The maximum absolute atomic E-state index is 10.6. The van der Waals surface area contributed by atoms with Gasteiger partial charge in [-0.1, -0.05) is 47.5 Å². The molecule has 0 aliphatic rings. The number of hydrogen-bond donors (Lipinski definition) is 2. The van der Waals surface area contributed by atoms with E-state index in [0.29, 0.717) is 16.6 Å². The summed E-state index contributed by atoms with van der Waals surface area (Å²) in [4.78, 5) is 0. The number of halogens is 3. The average Bonchev–Trinajstić information content (AvgIpc) is 2.44. The first-order valence-corrected chi connectivity index (χ1v) is 7.67. The Morgan fingerprint density at radius 3 is 2.40 bits per heavy atom. The third kappa shape index (κ3) is 3.35. The second kappa shape index (κ2) is 6.92. The largest absolute Gasteiger partial charge is 0.388 e. The van der Waals surface area contributed by atoms with Crippen molar-refractivity contribution >= 4 is 39.1 Å². The summed E-state index contributed by atoms with van der Waals surface area (Å²) in [6.07, 6.45) is -0.742. The summed E-state index contributed by atoms with van der Waals surface area (Å²) in [6.45, 7) is 0.297. The molecule has 0 heterocycles. The topological polar surface area (TPSA) is 46.2 Å². The minimum Gasteiger partial charge on any atom is -0.388 e. The maximum atomic E-state index is 10.6. The SMILES string of the molecule is NCC(c1ccccc1Cl)C(O)c1ccc(Cl)c(Br)c1. The molecule has 106 valence electrons.